The maximum atomic E-state index is 13.2. The monoisotopic (exact) mass is 497 g/mol. The summed E-state index contributed by atoms with van der Waals surface area (Å²) in [6.45, 7) is 2.11. The number of anilines is 2. The van der Waals surface area contributed by atoms with Crippen LogP contribution in [0.15, 0.2) is 52.3 Å². The van der Waals surface area contributed by atoms with Crippen molar-refractivity contribution in [3.05, 3.63) is 48.3 Å². The molecule has 0 aromatic heterocycles. The van der Waals surface area contributed by atoms with Crippen molar-refractivity contribution in [2.24, 2.45) is 0 Å². The Morgan fingerprint density at radius 2 is 1.55 bits per heavy atom. The molecular formula is C22H28FN3O5S2. The van der Waals surface area contributed by atoms with Crippen LogP contribution in [0.2, 0.25) is 0 Å². The van der Waals surface area contributed by atoms with Crippen LogP contribution in [0.1, 0.15) is 26.2 Å². The Morgan fingerprint density at radius 1 is 0.970 bits per heavy atom. The van der Waals surface area contributed by atoms with E-state index >= 15 is 0 Å². The van der Waals surface area contributed by atoms with E-state index in [2.05, 4.69) is 5.32 Å². The van der Waals surface area contributed by atoms with E-state index < -0.39 is 36.8 Å². The summed E-state index contributed by atoms with van der Waals surface area (Å²) in [4.78, 5) is 14.4. The van der Waals surface area contributed by atoms with E-state index in [0.29, 0.717) is 18.8 Å². The van der Waals surface area contributed by atoms with E-state index in [0.717, 1.165) is 43.5 Å². The number of nitrogens with one attached hydrogen (secondary N) is 1. The molecule has 1 N–H and O–H groups in total. The molecule has 1 saturated heterocycles. The Morgan fingerprint density at radius 3 is 2.12 bits per heavy atom. The number of rotatable bonds is 7. The molecule has 180 valence electrons. The van der Waals surface area contributed by atoms with Crippen LogP contribution in [0.3, 0.4) is 0 Å². The number of carbonyl (C=O) groups is 1. The van der Waals surface area contributed by atoms with Crippen LogP contribution in [0.25, 0.3) is 0 Å². The molecule has 0 aliphatic carbocycles. The van der Waals surface area contributed by atoms with Gasteiger partial charge in [-0.25, -0.2) is 21.2 Å². The number of sulfonamides is 1. The van der Waals surface area contributed by atoms with Gasteiger partial charge in [0.05, 0.1) is 21.2 Å². The van der Waals surface area contributed by atoms with E-state index in [1.807, 2.05) is 0 Å². The summed E-state index contributed by atoms with van der Waals surface area (Å²) < 4.78 is 66.4. The lowest BCUT2D eigenvalue weighted by Crippen LogP contribution is -2.36. The SMILES string of the molecule is CC(C(=O)Nc1cc(S(=O)(=O)N2CCCCC2)ccc1N(C)C)S(=O)(=O)c1ccc(F)cc1. The smallest absolute Gasteiger partial charge is 0.243 e. The van der Waals surface area contributed by atoms with Gasteiger partial charge >= 0.3 is 0 Å². The molecule has 0 spiro atoms. The maximum Gasteiger partial charge on any atom is 0.243 e. The van der Waals surface area contributed by atoms with Crippen molar-refractivity contribution in [2.45, 2.75) is 41.2 Å². The first-order valence-electron chi connectivity index (χ1n) is 10.6. The summed E-state index contributed by atoms with van der Waals surface area (Å²) in [5.41, 5.74) is 0.705. The van der Waals surface area contributed by atoms with Crippen LogP contribution in [0.5, 0.6) is 0 Å². The summed E-state index contributed by atoms with van der Waals surface area (Å²) in [7, 11) is -4.38. The second-order valence-electron chi connectivity index (χ2n) is 8.17. The van der Waals surface area contributed by atoms with Gasteiger partial charge in [-0.15, -0.1) is 0 Å². The number of benzene rings is 2. The first-order valence-corrected chi connectivity index (χ1v) is 13.5. The summed E-state index contributed by atoms with van der Waals surface area (Å²) in [6, 6.07) is 8.64. The van der Waals surface area contributed by atoms with Crippen molar-refractivity contribution in [3.8, 4) is 0 Å². The Hall–Kier alpha value is -2.50. The summed E-state index contributed by atoms with van der Waals surface area (Å²) in [5.74, 6) is -1.41. The quantitative estimate of drug-likeness (QED) is 0.590. The van der Waals surface area contributed by atoms with E-state index in [-0.39, 0.29) is 15.5 Å². The number of hydrogen-bond donors (Lipinski definition) is 1. The van der Waals surface area contributed by atoms with Gasteiger partial charge in [0.1, 0.15) is 11.1 Å². The Kier molecular flexibility index (Phi) is 7.45. The van der Waals surface area contributed by atoms with Crippen LogP contribution in [-0.4, -0.2) is 59.5 Å². The minimum Gasteiger partial charge on any atom is -0.376 e. The van der Waals surface area contributed by atoms with E-state index in [9.17, 15) is 26.0 Å². The lowest BCUT2D eigenvalue weighted by molar-refractivity contribution is -0.115. The Bertz CT molecular complexity index is 1220. The molecule has 2 aromatic carbocycles. The first kappa shape index (κ1) is 25.1. The van der Waals surface area contributed by atoms with Gasteiger partial charge in [-0.05, 0) is 62.2 Å². The van der Waals surface area contributed by atoms with Crippen molar-refractivity contribution >= 4 is 37.1 Å². The molecule has 1 heterocycles. The van der Waals surface area contributed by atoms with Crippen LogP contribution in [0, 0.1) is 5.82 Å². The average Bonchev–Trinajstić information content (AvgIpc) is 2.79. The van der Waals surface area contributed by atoms with Gasteiger partial charge in [0, 0.05) is 27.2 Å². The third kappa shape index (κ3) is 5.36. The minimum atomic E-state index is -4.08. The highest BCUT2D eigenvalue weighted by molar-refractivity contribution is 7.92. The number of piperidine rings is 1. The molecule has 8 nitrogen and oxygen atoms in total. The maximum absolute atomic E-state index is 13.2. The predicted molar refractivity (Wildman–Crippen MR) is 125 cm³/mol. The van der Waals surface area contributed by atoms with Gasteiger partial charge in [0.15, 0.2) is 9.84 Å². The highest BCUT2D eigenvalue weighted by atomic mass is 32.2. The fourth-order valence-corrected chi connectivity index (χ4v) is 6.43. The van der Waals surface area contributed by atoms with E-state index in [4.69, 9.17) is 0 Å². The second kappa shape index (κ2) is 9.78. The van der Waals surface area contributed by atoms with Gasteiger partial charge in [-0.3, -0.25) is 4.79 Å². The van der Waals surface area contributed by atoms with Gasteiger partial charge in [-0.2, -0.15) is 4.31 Å². The third-order valence-corrected chi connectivity index (χ3v) is 9.61. The normalized spacial score (nSPS) is 16.2. The van der Waals surface area contributed by atoms with E-state index in [1.165, 1.54) is 23.4 Å². The topological polar surface area (TPSA) is 104 Å². The number of halogens is 1. The lowest BCUT2D eigenvalue weighted by atomic mass is 10.2. The highest BCUT2D eigenvalue weighted by Crippen LogP contribution is 2.30. The number of nitrogens with zero attached hydrogens (tertiary/aromatic N) is 2. The van der Waals surface area contributed by atoms with Crippen LogP contribution in [0.4, 0.5) is 15.8 Å². The van der Waals surface area contributed by atoms with E-state index in [1.54, 1.807) is 25.1 Å². The van der Waals surface area contributed by atoms with Gasteiger partial charge in [-0.1, -0.05) is 6.42 Å². The summed E-state index contributed by atoms with van der Waals surface area (Å²) in [5, 5.41) is 1.09. The van der Waals surface area contributed by atoms with Crippen LogP contribution >= 0.6 is 0 Å². The Balaban J connectivity index is 1.92. The molecule has 11 heteroatoms. The van der Waals surface area contributed by atoms with Crippen molar-refractivity contribution in [1.29, 1.82) is 0 Å². The molecule has 3 rings (SSSR count). The zero-order valence-electron chi connectivity index (χ0n) is 18.8. The number of carbonyl (C=O) groups excluding carboxylic acids is 1. The number of amides is 1. The molecule has 1 amide bonds. The summed E-state index contributed by atoms with van der Waals surface area (Å²) >= 11 is 0. The molecule has 2 aromatic rings. The standard InChI is InChI=1S/C22H28FN3O5S2/c1-16(32(28,29)18-9-7-17(23)8-10-18)22(27)24-20-15-19(11-12-21(20)25(2)3)33(30,31)26-13-5-4-6-14-26/h7-12,15-16H,4-6,13-14H2,1-3H3,(H,24,27). The second-order valence-corrected chi connectivity index (χ2v) is 12.4. The van der Waals surface area contributed by atoms with Crippen LogP contribution in [-0.2, 0) is 24.7 Å². The molecule has 1 atom stereocenters. The van der Waals surface area contributed by atoms with Crippen molar-refractivity contribution in [1.82, 2.24) is 4.31 Å². The largest absolute Gasteiger partial charge is 0.376 e. The molecule has 1 unspecified atom stereocenters. The summed E-state index contributed by atoms with van der Waals surface area (Å²) in [6.07, 6.45) is 2.56. The first-order chi connectivity index (χ1) is 15.4. The Labute approximate surface area is 194 Å². The number of hydrogen-bond acceptors (Lipinski definition) is 6. The molecule has 0 bridgehead atoms. The van der Waals surface area contributed by atoms with Gasteiger partial charge in [0.25, 0.3) is 0 Å². The number of sulfone groups is 1. The third-order valence-electron chi connectivity index (χ3n) is 5.64. The van der Waals surface area contributed by atoms with Crippen LogP contribution < -0.4 is 10.2 Å². The molecule has 1 aliphatic heterocycles. The molecule has 0 radical (unpaired) electrons. The fraction of sp³-hybridized carbons (Fsp3) is 0.409. The predicted octanol–water partition coefficient (Wildman–Crippen LogP) is 2.87. The molecule has 0 saturated carbocycles. The van der Waals surface area contributed by atoms with Gasteiger partial charge < -0.3 is 10.2 Å². The minimum absolute atomic E-state index is 0.0272. The molecule has 1 aliphatic rings. The molecule has 1 fully saturated rings. The van der Waals surface area contributed by atoms with Crippen molar-refractivity contribution < 1.29 is 26.0 Å². The molecule has 33 heavy (non-hydrogen) atoms. The average molecular weight is 498 g/mol. The highest BCUT2D eigenvalue weighted by Gasteiger charge is 2.31. The fourth-order valence-electron chi connectivity index (χ4n) is 3.62. The zero-order chi connectivity index (χ0) is 24.4. The van der Waals surface area contributed by atoms with Crippen molar-refractivity contribution in [2.75, 3.05) is 37.4 Å². The van der Waals surface area contributed by atoms with Gasteiger partial charge in [0.2, 0.25) is 15.9 Å². The molecular weight excluding hydrogens is 469 g/mol. The zero-order valence-corrected chi connectivity index (χ0v) is 20.4. The lowest BCUT2D eigenvalue weighted by Gasteiger charge is -2.27. The van der Waals surface area contributed by atoms with Crippen molar-refractivity contribution in [3.63, 3.8) is 0 Å².